The molecule has 18 heavy (non-hydrogen) atoms. The third kappa shape index (κ3) is 3.25. The molecule has 0 aliphatic heterocycles. The number of primary amides is 1. The first-order valence-electron chi connectivity index (χ1n) is 4.70. The molecule has 0 aliphatic carbocycles. The van der Waals surface area contributed by atoms with E-state index in [0.29, 0.717) is 5.75 Å². The number of benzene rings is 1. The van der Waals surface area contributed by atoms with Crippen LogP contribution >= 0.6 is 0 Å². The van der Waals surface area contributed by atoms with Gasteiger partial charge in [-0.2, -0.15) is 0 Å². The van der Waals surface area contributed by atoms with Gasteiger partial charge in [-0.3, -0.25) is 5.43 Å². The summed E-state index contributed by atoms with van der Waals surface area (Å²) >= 11 is 0. The van der Waals surface area contributed by atoms with Gasteiger partial charge in [0.1, 0.15) is 16.4 Å². The Morgan fingerprint density at radius 2 is 1.94 bits per heavy atom. The van der Waals surface area contributed by atoms with E-state index in [1.54, 1.807) is 5.43 Å². The van der Waals surface area contributed by atoms with Crippen LogP contribution in [0.4, 0.5) is 4.79 Å². The van der Waals surface area contributed by atoms with E-state index in [2.05, 4.69) is 0 Å². The molecule has 0 radical (unpaired) electrons. The zero-order valence-electron chi connectivity index (χ0n) is 9.76. The smallest absolute Gasteiger partial charge is 0.327 e. The van der Waals surface area contributed by atoms with Gasteiger partial charge in [0.2, 0.25) is 0 Å². The molecule has 2 amide bonds. The number of urea groups is 1. The predicted octanol–water partition coefficient (Wildman–Crippen LogP) is -0.435. The van der Waals surface area contributed by atoms with Gasteiger partial charge in [-0.15, -0.1) is 4.83 Å². The number of ether oxygens (including phenoxy) is 2. The lowest BCUT2D eigenvalue weighted by atomic mass is 10.3. The maximum atomic E-state index is 11.8. The number of hydrazine groups is 1. The minimum atomic E-state index is -3.97. The van der Waals surface area contributed by atoms with Crippen LogP contribution in [-0.2, 0) is 10.0 Å². The SMILES string of the molecule is COc1ccc(S(=O)(=O)NNC(N)=O)c(OC)c1. The highest BCUT2D eigenvalue weighted by molar-refractivity contribution is 7.89. The Labute approximate surface area is 104 Å². The van der Waals surface area contributed by atoms with Crippen molar-refractivity contribution in [2.24, 2.45) is 5.73 Å². The number of carbonyl (C=O) groups excluding carboxylic acids is 1. The summed E-state index contributed by atoms with van der Waals surface area (Å²) in [5.41, 5.74) is 6.54. The summed E-state index contributed by atoms with van der Waals surface area (Å²) in [4.78, 5) is 12.1. The van der Waals surface area contributed by atoms with E-state index in [-0.39, 0.29) is 10.6 Å². The Kier molecular flexibility index (Phi) is 4.34. The Morgan fingerprint density at radius 1 is 1.28 bits per heavy atom. The van der Waals surface area contributed by atoms with Crippen LogP contribution in [-0.4, -0.2) is 28.7 Å². The van der Waals surface area contributed by atoms with Crippen molar-refractivity contribution < 1.29 is 22.7 Å². The van der Waals surface area contributed by atoms with Crippen molar-refractivity contribution in [3.05, 3.63) is 18.2 Å². The van der Waals surface area contributed by atoms with E-state index in [9.17, 15) is 13.2 Å². The van der Waals surface area contributed by atoms with Gasteiger partial charge in [0, 0.05) is 6.07 Å². The number of hydrogen-bond acceptors (Lipinski definition) is 5. The second kappa shape index (κ2) is 5.56. The van der Waals surface area contributed by atoms with Crippen molar-refractivity contribution in [2.45, 2.75) is 4.90 Å². The van der Waals surface area contributed by atoms with Crippen molar-refractivity contribution in [2.75, 3.05) is 14.2 Å². The lowest BCUT2D eigenvalue weighted by Gasteiger charge is -2.11. The van der Waals surface area contributed by atoms with Crippen LogP contribution in [0.2, 0.25) is 0 Å². The predicted molar refractivity (Wildman–Crippen MR) is 62.6 cm³/mol. The molecule has 1 aromatic rings. The minimum Gasteiger partial charge on any atom is -0.497 e. The fourth-order valence-corrected chi connectivity index (χ4v) is 2.17. The van der Waals surface area contributed by atoms with Gasteiger partial charge < -0.3 is 15.2 Å². The molecule has 0 spiro atoms. The van der Waals surface area contributed by atoms with E-state index in [4.69, 9.17) is 15.2 Å². The third-order valence-corrected chi connectivity index (χ3v) is 3.26. The van der Waals surface area contributed by atoms with E-state index < -0.39 is 16.1 Å². The molecular weight excluding hydrogens is 262 g/mol. The molecule has 8 nitrogen and oxygen atoms in total. The van der Waals surface area contributed by atoms with Crippen molar-refractivity contribution in [3.8, 4) is 11.5 Å². The summed E-state index contributed by atoms with van der Waals surface area (Å²) in [6.45, 7) is 0. The summed E-state index contributed by atoms with van der Waals surface area (Å²) in [5, 5.41) is 0. The van der Waals surface area contributed by atoms with E-state index >= 15 is 0 Å². The third-order valence-electron chi connectivity index (χ3n) is 1.97. The van der Waals surface area contributed by atoms with Gasteiger partial charge in [-0.1, -0.05) is 0 Å². The second-order valence-electron chi connectivity index (χ2n) is 3.11. The molecule has 0 aromatic heterocycles. The molecule has 0 saturated heterocycles. The van der Waals surface area contributed by atoms with Crippen LogP contribution in [0.25, 0.3) is 0 Å². The highest BCUT2D eigenvalue weighted by Gasteiger charge is 2.20. The molecule has 0 atom stereocenters. The van der Waals surface area contributed by atoms with Gasteiger partial charge in [-0.05, 0) is 12.1 Å². The number of carbonyl (C=O) groups is 1. The molecule has 1 rings (SSSR count). The maximum Gasteiger partial charge on any atom is 0.327 e. The van der Waals surface area contributed by atoms with Crippen molar-refractivity contribution in [1.82, 2.24) is 10.3 Å². The molecule has 1 aromatic carbocycles. The molecule has 0 bridgehead atoms. The zero-order chi connectivity index (χ0) is 13.8. The molecule has 4 N–H and O–H groups in total. The molecule has 0 saturated carbocycles. The van der Waals surface area contributed by atoms with E-state index in [1.165, 1.54) is 32.4 Å². The Morgan fingerprint density at radius 3 is 2.44 bits per heavy atom. The number of methoxy groups -OCH3 is 2. The number of amides is 2. The monoisotopic (exact) mass is 275 g/mol. The van der Waals surface area contributed by atoms with Gasteiger partial charge in [0.15, 0.2) is 0 Å². The first-order chi connectivity index (χ1) is 8.40. The summed E-state index contributed by atoms with van der Waals surface area (Å²) in [7, 11) is -1.21. The van der Waals surface area contributed by atoms with Gasteiger partial charge in [-0.25, -0.2) is 13.2 Å². The topological polar surface area (TPSA) is 120 Å². The van der Waals surface area contributed by atoms with Gasteiger partial charge in [0.05, 0.1) is 14.2 Å². The average Bonchev–Trinajstić information content (AvgIpc) is 2.35. The van der Waals surface area contributed by atoms with Crippen LogP contribution in [0.1, 0.15) is 0 Å². The summed E-state index contributed by atoms with van der Waals surface area (Å²) in [6, 6.07) is 3.11. The quantitative estimate of drug-likeness (QED) is 0.629. The maximum absolute atomic E-state index is 11.8. The number of sulfonamides is 1. The number of hydrogen-bond donors (Lipinski definition) is 3. The van der Waals surface area contributed by atoms with Gasteiger partial charge >= 0.3 is 6.03 Å². The van der Waals surface area contributed by atoms with Gasteiger partial charge in [0.25, 0.3) is 10.0 Å². The molecule has 0 heterocycles. The highest BCUT2D eigenvalue weighted by Crippen LogP contribution is 2.27. The molecule has 9 heteroatoms. The van der Waals surface area contributed by atoms with Crippen LogP contribution < -0.4 is 25.5 Å². The molecular formula is C9H13N3O5S. The first-order valence-corrected chi connectivity index (χ1v) is 6.18. The lowest BCUT2D eigenvalue weighted by molar-refractivity contribution is 0.247. The highest BCUT2D eigenvalue weighted by atomic mass is 32.2. The number of nitrogens with one attached hydrogen (secondary N) is 2. The zero-order valence-corrected chi connectivity index (χ0v) is 10.6. The molecule has 0 unspecified atom stereocenters. The first kappa shape index (κ1) is 14.1. The number of nitrogens with two attached hydrogens (primary N) is 1. The largest absolute Gasteiger partial charge is 0.497 e. The normalized spacial score (nSPS) is 10.8. The molecule has 0 fully saturated rings. The van der Waals surface area contributed by atoms with Crippen molar-refractivity contribution in [3.63, 3.8) is 0 Å². The standard InChI is InChI=1S/C9H13N3O5S/c1-16-6-3-4-8(7(5-6)17-2)18(14,15)12-11-9(10)13/h3-5,12H,1-2H3,(H3,10,11,13). The lowest BCUT2D eigenvalue weighted by Crippen LogP contribution is -2.44. The summed E-state index contributed by atoms with van der Waals surface area (Å²) in [6.07, 6.45) is 0. The number of rotatable bonds is 5. The molecule has 0 aliphatic rings. The average molecular weight is 275 g/mol. The Bertz CT molecular complexity index is 543. The summed E-state index contributed by atoms with van der Waals surface area (Å²) < 4.78 is 33.5. The fourth-order valence-electron chi connectivity index (χ4n) is 1.17. The van der Waals surface area contributed by atoms with Crippen LogP contribution in [0, 0.1) is 0 Å². The van der Waals surface area contributed by atoms with E-state index in [1.807, 2.05) is 4.83 Å². The van der Waals surface area contributed by atoms with Crippen LogP contribution in [0.5, 0.6) is 11.5 Å². The Balaban J connectivity index is 3.11. The Hall–Kier alpha value is -2.00. The van der Waals surface area contributed by atoms with Crippen molar-refractivity contribution >= 4 is 16.1 Å². The molecule has 100 valence electrons. The van der Waals surface area contributed by atoms with Crippen LogP contribution in [0.15, 0.2) is 23.1 Å². The fraction of sp³-hybridized carbons (Fsp3) is 0.222. The van der Waals surface area contributed by atoms with E-state index in [0.717, 1.165) is 0 Å². The van der Waals surface area contributed by atoms with Crippen molar-refractivity contribution in [1.29, 1.82) is 0 Å². The summed E-state index contributed by atoms with van der Waals surface area (Å²) in [5.74, 6) is 0.516. The van der Waals surface area contributed by atoms with Crippen LogP contribution in [0.3, 0.4) is 0 Å². The minimum absolute atomic E-state index is 0.0770. The second-order valence-corrected chi connectivity index (χ2v) is 4.76.